The predicted molar refractivity (Wildman–Crippen MR) is 94.3 cm³/mol. The van der Waals surface area contributed by atoms with Crippen molar-refractivity contribution in [1.82, 2.24) is 19.9 Å². The highest BCUT2D eigenvalue weighted by Gasteiger charge is 2.35. The molecule has 2 atom stereocenters. The van der Waals surface area contributed by atoms with Crippen LogP contribution in [-0.2, 0) is 6.54 Å². The molecular weight excluding hydrogens is 320 g/mol. The minimum Gasteiger partial charge on any atom is -0.396 e. The fraction of sp³-hybridized carbons (Fsp3) is 0.778. The summed E-state index contributed by atoms with van der Waals surface area (Å²) in [6, 6.07) is 0.165. The molecule has 0 bridgehead atoms. The van der Waals surface area contributed by atoms with Gasteiger partial charge in [0, 0.05) is 43.8 Å². The molecule has 1 aromatic rings. The van der Waals surface area contributed by atoms with Gasteiger partial charge in [0.1, 0.15) is 5.76 Å². The van der Waals surface area contributed by atoms with Gasteiger partial charge in [0.2, 0.25) is 0 Å². The van der Waals surface area contributed by atoms with E-state index in [2.05, 4.69) is 15.0 Å². The van der Waals surface area contributed by atoms with E-state index in [1.54, 1.807) is 0 Å². The van der Waals surface area contributed by atoms with E-state index >= 15 is 0 Å². The standard InChI is InChI=1S/C18H30N4O3/c1-13-15(10-21-7-4-5-8-21)17(19-25-13)18(24)22-9-6-14(12-23)16(11-22)20(2)3/h14,16,23H,4-12H2,1-3H3/t14-,16-/m1/s1. The summed E-state index contributed by atoms with van der Waals surface area (Å²) in [5, 5.41) is 13.7. The summed E-state index contributed by atoms with van der Waals surface area (Å²) in [6.07, 6.45) is 3.24. The summed E-state index contributed by atoms with van der Waals surface area (Å²) in [4.78, 5) is 19.4. The van der Waals surface area contributed by atoms with E-state index in [1.165, 1.54) is 12.8 Å². The van der Waals surface area contributed by atoms with E-state index in [0.29, 0.717) is 18.8 Å². The quantitative estimate of drug-likeness (QED) is 0.853. The number of piperidine rings is 1. The second kappa shape index (κ2) is 7.85. The molecule has 2 aliphatic heterocycles. The van der Waals surface area contributed by atoms with E-state index < -0.39 is 0 Å². The van der Waals surface area contributed by atoms with Crippen molar-refractivity contribution in [3.05, 3.63) is 17.0 Å². The highest BCUT2D eigenvalue weighted by molar-refractivity contribution is 5.94. The summed E-state index contributed by atoms with van der Waals surface area (Å²) < 4.78 is 5.36. The average molecular weight is 350 g/mol. The third kappa shape index (κ3) is 3.88. The van der Waals surface area contributed by atoms with E-state index in [4.69, 9.17) is 4.52 Å². The summed E-state index contributed by atoms with van der Waals surface area (Å²) in [5.74, 6) is 0.904. The van der Waals surface area contributed by atoms with Gasteiger partial charge in [-0.1, -0.05) is 5.16 Å². The minimum absolute atomic E-state index is 0.0470. The maximum Gasteiger partial charge on any atom is 0.276 e. The zero-order valence-electron chi connectivity index (χ0n) is 15.6. The van der Waals surface area contributed by atoms with Gasteiger partial charge in [0.15, 0.2) is 5.69 Å². The highest BCUT2D eigenvalue weighted by Crippen LogP contribution is 2.25. The number of likely N-dealkylation sites (tertiary alicyclic amines) is 2. The van der Waals surface area contributed by atoms with Crippen LogP contribution < -0.4 is 0 Å². The molecule has 0 aliphatic carbocycles. The first-order valence-electron chi connectivity index (χ1n) is 9.25. The maximum absolute atomic E-state index is 13.1. The van der Waals surface area contributed by atoms with Crippen LogP contribution in [0.3, 0.4) is 0 Å². The van der Waals surface area contributed by atoms with Gasteiger partial charge in [-0.15, -0.1) is 0 Å². The predicted octanol–water partition coefficient (Wildman–Crippen LogP) is 0.963. The zero-order chi connectivity index (χ0) is 18.0. The number of carbonyl (C=O) groups is 1. The number of carbonyl (C=O) groups excluding carboxylic acids is 1. The number of hydrogen-bond acceptors (Lipinski definition) is 6. The number of likely N-dealkylation sites (N-methyl/N-ethyl adjacent to an activating group) is 1. The van der Waals surface area contributed by atoms with Crippen LogP contribution >= 0.6 is 0 Å². The van der Waals surface area contributed by atoms with Gasteiger partial charge >= 0.3 is 0 Å². The Hall–Kier alpha value is -1.44. The molecule has 7 heteroatoms. The van der Waals surface area contributed by atoms with E-state index in [9.17, 15) is 9.90 Å². The fourth-order valence-electron chi connectivity index (χ4n) is 4.02. The third-order valence-corrected chi connectivity index (χ3v) is 5.67. The number of aryl methyl sites for hydroxylation is 1. The molecule has 1 N–H and O–H groups in total. The molecule has 0 spiro atoms. The Bertz CT molecular complexity index is 595. The van der Waals surface area contributed by atoms with Crippen LogP contribution in [0.1, 0.15) is 41.1 Å². The molecule has 2 saturated heterocycles. The van der Waals surface area contributed by atoms with Gasteiger partial charge < -0.3 is 19.4 Å². The summed E-state index contributed by atoms with van der Waals surface area (Å²) in [6.45, 7) is 6.20. The lowest BCUT2D eigenvalue weighted by molar-refractivity contribution is 0.0371. The van der Waals surface area contributed by atoms with Gasteiger partial charge in [0.05, 0.1) is 0 Å². The van der Waals surface area contributed by atoms with Crippen LogP contribution in [0.15, 0.2) is 4.52 Å². The number of amides is 1. The molecule has 0 saturated carbocycles. The van der Waals surface area contributed by atoms with Crippen LogP contribution in [0.25, 0.3) is 0 Å². The number of aromatic nitrogens is 1. The van der Waals surface area contributed by atoms with Gasteiger partial charge in [-0.3, -0.25) is 9.69 Å². The second-order valence-electron chi connectivity index (χ2n) is 7.56. The highest BCUT2D eigenvalue weighted by atomic mass is 16.5. The molecule has 0 aromatic carbocycles. The summed E-state index contributed by atoms with van der Waals surface area (Å²) >= 11 is 0. The molecule has 3 rings (SSSR count). The van der Waals surface area contributed by atoms with Crippen LogP contribution in [0, 0.1) is 12.8 Å². The van der Waals surface area contributed by atoms with E-state index in [0.717, 1.165) is 37.4 Å². The van der Waals surface area contributed by atoms with Crippen molar-refractivity contribution < 1.29 is 14.4 Å². The van der Waals surface area contributed by atoms with E-state index in [1.807, 2.05) is 25.9 Å². The lowest BCUT2D eigenvalue weighted by Gasteiger charge is -2.40. The first-order valence-corrected chi connectivity index (χ1v) is 9.25. The van der Waals surface area contributed by atoms with Gasteiger partial charge in [-0.25, -0.2) is 0 Å². The van der Waals surface area contributed by atoms with Crippen LogP contribution in [-0.4, -0.2) is 83.8 Å². The van der Waals surface area contributed by atoms with Gasteiger partial charge in [0.25, 0.3) is 5.91 Å². The van der Waals surface area contributed by atoms with Crippen LogP contribution in [0.2, 0.25) is 0 Å². The molecule has 1 amide bonds. The molecule has 25 heavy (non-hydrogen) atoms. The lowest BCUT2D eigenvalue weighted by Crippen LogP contribution is -2.53. The van der Waals surface area contributed by atoms with Crippen molar-refractivity contribution in [1.29, 1.82) is 0 Å². The number of aliphatic hydroxyl groups excluding tert-OH is 1. The second-order valence-corrected chi connectivity index (χ2v) is 7.56. The molecule has 2 aliphatic rings. The molecule has 0 radical (unpaired) electrons. The molecular formula is C18H30N4O3. The van der Waals surface area contributed by atoms with Crippen molar-refractivity contribution in [3.8, 4) is 0 Å². The van der Waals surface area contributed by atoms with Gasteiger partial charge in [-0.2, -0.15) is 0 Å². The Labute approximate surface area is 149 Å². The van der Waals surface area contributed by atoms with Gasteiger partial charge in [-0.05, 0) is 53.4 Å². The smallest absolute Gasteiger partial charge is 0.276 e. The van der Waals surface area contributed by atoms with Crippen molar-refractivity contribution >= 4 is 5.91 Å². The third-order valence-electron chi connectivity index (χ3n) is 5.67. The summed E-state index contributed by atoms with van der Waals surface area (Å²) in [7, 11) is 4.00. The Kier molecular flexibility index (Phi) is 5.76. The molecule has 0 unspecified atom stereocenters. The average Bonchev–Trinajstić information content (AvgIpc) is 3.24. The Morgan fingerprint density at radius 3 is 2.68 bits per heavy atom. The summed E-state index contributed by atoms with van der Waals surface area (Å²) in [5.41, 5.74) is 1.39. The number of nitrogens with zero attached hydrogens (tertiary/aromatic N) is 4. The number of hydrogen-bond donors (Lipinski definition) is 1. The van der Waals surface area contributed by atoms with Crippen molar-refractivity contribution in [2.75, 3.05) is 46.9 Å². The molecule has 2 fully saturated rings. The largest absolute Gasteiger partial charge is 0.396 e. The Morgan fingerprint density at radius 1 is 1.32 bits per heavy atom. The first-order chi connectivity index (χ1) is 12.0. The Morgan fingerprint density at radius 2 is 2.04 bits per heavy atom. The SMILES string of the molecule is Cc1onc(C(=O)N2CC[C@H](CO)[C@H](N(C)C)C2)c1CN1CCCC1. The normalized spacial score (nSPS) is 25.1. The monoisotopic (exact) mass is 350 g/mol. The molecule has 1 aromatic heterocycles. The fourth-order valence-corrected chi connectivity index (χ4v) is 4.02. The van der Waals surface area contributed by atoms with Crippen LogP contribution in [0.5, 0.6) is 0 Å². The van der Waals surface area contributed by atoms with Crippen LogP contribution in [0.4, 0.5) is 0 Å². The lowest BCUT2D eigenvalue weighted by atomic mass is 9.91. The number of aliphatic hydroxyl groups is 1. The van der Waals surface area contributed by atoms with Crippen molar-refractivity contribution in [3.63, 3.8) is 0 Å². The minimum atomic E-state index is -0.0470. The van der Waals surface area contributed by atoms with Crippen molar-refractivity contribution in [2.45, 2.75) is 38.8 Å². The molecule has 140 valence electrons. The maximum atomic E-state index is 13.1. The first kappa shape index (κ1) is 18.4. The Balaban J connectivity index is 1.74. The topological polar surface area (TPSA) is 73.0 Å². The van der Waals surface area contributed by atoms with E-state index in [-0.39, 0.29) is 24.5 Å². The number of rotatable bonds is 5. The van der Waals surface area contributed by atoms with Crippen molar-refractivity contribution in [2.24, 2.45) is 5.92 Å². The zero-order valence-corrected chi connectivity index (χ0v) is 15.6. The molecule has 7 nitrogen and oxygen atoms in total. The molecule has 3 heterocycles.